The lowest BCUT2D eigenvalue weighted by Crippen LogP contribution is -2.32. The molecule has 4 heteroatoms. The van der Waals surface area contributed by atoms with E-state index in [4.69, 9.17) is 19.2 Å². The molecule has 0 radical (unpaired) electrons. The Morgan fingerprint density at radius 2 is 1.24 bits per heavy atom. The van der Waals surface area contributed by atoms with E-state index in [2.05, 4.69) is 50.2 Å². The number of nitrogens with zero attached hydrogens (tertiary/aromatic N) is 1. The molecule has 0 atom stereocenters. The Hall–Kier alpha value is -1.91. The highest BCUT2D eigenvalue weighted by molar-refractivity contribution is 5.60. The van der Waals surface area contributed by atoms with Crippen LogP contribution < -0.4 is 4.74 Å². The van der Waals surface area contributed by atoms with Crippen molar-refractivity contribution in [3.63, 3.8) is 0 Å². The van der Waals surface area contributed by atoms with Gasteiger partial charge in [-0.3, -0.25) is 4.98 Å². The molecule has 1 fully saturated rings. The third-order valence-electron chi connectivity index (χ3n) is 8.41. The maximum absolute atomic E-state index is 6.05. The molecule has 1 aliphatic heterocycles. The summed E-state index contributed by atoms with van der Waals surface area (Å²) in [5.74, 6) is 1.51. The maximum Gasteiger partial charge on any atom is 0.157 e. The molecule has 2 heterocycles. The minimum absolute atomic E-state index is 0.0807. The molecule has 0 saturated carbocycles. The van der Waals surface area contributed by atoms with Crippen molar-refractivity contribution in [3.8, 4) is 17.0 Å². The van der Waals surface area contributed by atoms with E-state index in [1.54, 1.807) is 0 Å². The van der Waals surface area contributed by atoms with Gasteiger partial charge in [0.1, 0.15) is 5.75 Å². The monoisotopic (exact) mass is 565 g/mol. The molecule has 2 aromatic rings. The molecule has 3 rings (SSSR count). The lowest BCUT2D eigenvalue weighted by molar-refractivity contribution is -0.203. The van der Waals surface area contributed by atoms with Crippen molar-refractivity contribution >= 4 is 0 Å². The van der Waals surface area contributed by atoms with Crippen LogP contribution in [0.25, 0.3) is 11.3 Å². The molecule has 1 aliphatic rings. The number of aryl methyl sites for hydroxylation is 1. The molecule has 0 unspecified atom stereocenters. The molecule has 0 bridgehead atoms. The molecule has 230 valence electrons. The number of hydrogen-bond donors (Lipinski definition) is 0. The number of pyridine rings is 1. The summed E-state index contributed by atoms with van der Waals surface area (Å²) in [6.07, 6.45) is 26.5. The van der Waals surface area contributed by atoms with Crippen LogP contribution in [0.15, 0.2) is 42.6 Å². The summed E-state index contributed by atoms with van der Waals surface area (Å²) >= 11 is 0. The van der Waals surface area contributed by atoms with Crippen LogP contribution in [0.5, 0.6) is 5.75 Å². The quantitative estimate of drug-likeness (QED) is 0.126. The van der Waals surface area contributed by atoms with Crippen LogP contribution in [-0.2, 0) is 15.9 Å². The van der Waals surface area contributed by atoms with Crippen LogP contribution in [0.4, 0.5) is 0 Å². The van der Waals surface area contributed by atoms with Gasteiger partial charge in [0.15, 0.2) is 6.29 Å². The number of rotatable bonds is 23. The topological polar surface area (TPSA) is 40.6 Å². The Bertz CT molecular complexity index is 874. The van der Waals surface area contributed by atoms with Crippen molar-refractivity contribution in [3.05, 3.63) is 48.2 Å². The van der Waals surface area contributed by atoms with Gasteiger partial charge in [0.25, 0.3) is 0 Å². The van der Waals surface area contributed by atoms with Gasteiger partial charge in [-0.25, -0.2) is 0 Å². The van der Waals surface area contributed by atoms with Crippen molar-refractivity contribution in [2.45, 2.75) is 142 Å². The van der Waals surface area contributed by atoms with Gasteiger partial charge < -0.3 is 14.2 Å². The second-order valence-electron chi connectivity index (χ2n) is 12.2. The Morgan fingerprint density at radius 3 is 1.83 bits per heavy atom. The van der Waals surface area contributed by atoms with Crippen LogP contribution in [0.1, 0.15) is 135 Å². The lowest BCUT2D eigenvalue weighted by Gasteiger charge is -2.29. The van der Waals surface area contributed by atoms with E-state index in [1.165, 1.54) is 108 Å². The third kappa shape index (κ3) is 14.7. The molecule has 4 nitrogen and oxygen atoms in total. The highest BCUT2D eigenvalue weighted by Crippen LogP contribution is 2.23. The van der Waals surface area contributed by atoms with Gasteiger partial charge in [0.2, 0.25) is 0 Å². The highest BCUT2D eigenvalue weighted by atomic mass is 16.7. The Kier molecular flexibility index (Phi) is 17.8. The molecule has 0 N–H and O–H groups in total. The van der Waals surface area contributed by atoms with E-state index >= 15 is 0 Å². The third-order valence-corrected chi connectivity index (χ3v) is 8.41. The zero-order chi connectivity index (χ0) is 28.8. The lowest BCUT2D eigenvalue weighted by atomic mass is 10.0. The van der Waals surface area contributed by atoms with Gasteiger partial charge in [-0.05, 0) is 55.2 Å². The summed E-state index contributed by atoms with van der Waals surface area (Å²) in [5.41, 5.74) is 3.35. The van der Waals surface area contributed by atoms with E-state index in [0.29, 0.717) is 5.92 Å². The van der Waals surface area contributed by atoms with E-state index in [0.717, 1.165) is 56.1 Å². The SMILES string of the molecule is CCCCCCCCCCOc1ccc(-c2ccc(CC[C@H]3OC[C@H](CCCCCCCCCC)CO3)cn2)cc1. The van der Waals surface area contributed by atoms with E-state index < -0.39 is 0 Å². The van der Waals surface area contributed by atoms with E-state index in [1.807, 2.05) is 6.20 Å². The Balaban J connectivity index is 1.24. The number of aromatic nitrogens is 1. The minimum atomic E-state index is -0.0807. The number of ether oxygens (including phenoxy) is 3. The number of hydrogen-bond acceptors (Lipinski definition) is 4. The van der Waals surface area contributed by atoms with Crippen molar-refractivity contribution in [2.75, 3.05) is 19.8 Å². The first-order chi connectivity index (χ1) is 20.3. The van der Waals surface area contributed by atoms with Crippen LogP contribution in [0.3, 0.4) is 0 Å². The summed E-state index contributed by atoms with van der Waals surface area (Å²) in [4.78, 5) is 4.72. The smallest absolute Gasteiger partial charge is 0.157 e. The first-order valence-electron chi connectivity index (χ1n) is 17.2. The molecule has 1 saturated heterocycles. The second-order valence-corrected chi connectivity index (χ2v) is 12.2. The first-order valence-corrected chi connectivity index (χ1v) is 17.2. The van der Waals surface area contributed by atoms with Crippen molar-refractivity contribution in [2.24, 2.45) is 5.92 Å². The predicted octanol–water partition coefficient (Wildman–Crippen LogP) is 10.7. The standard InChI is InChI=1S/C37H59NO3/c1-3-5-7-9-11-13-15-17-19-33-30-40-37(41-31-33)27-21-32-20-26-36(38-29-32)34-22-24-35(25-23-34)39-28-18-16-14-12-10-8-6-4-2/h20,22-26,29,33,37H,3-19,21,27-28,30-31H2,1-2H3/t33-,37-. The van der Waals surface area contributed by atoms with E-state index in [-0.39, 0.29) is 6.29 Å². The van der Waals surface area contributed by atoms with Gasteiger partial charge in [0, 0.05) is 24.1 Å². The molecule has 1 aromatic heterocycles. The zero-order valence-corrected chi connectivity index (χ0v) is 26.4. The zero-order valence-electron chi connectivity index (χ0n) is 26.4. The highest BCUT2D eigenvalue weighted by Gasteiger charge is 2.21. The molecule has 41 heavy (non-hydrogen) atoms. The van der Waals surface area contributed by atoms with Crippen molar-refractivity contribution in [1.29, 1.82) is 0 Å². The minimum Gasteiger partial charge on any atom is -0.494 e. The summed E-state index contributed by atoms with van der Waals surface area (Å²) in [5, 5.41) is 0. The van der Waals surface area contributed by atoms with E-state index in [9.17, 15) is 0 Å². The van der Waals surface area contributed by atoms with Gasteiger partial charge in [-0.2, -0.15) is 0 Å². The maximum atomic E-state index is 6.05. The predicted molar refractivity (Wildman–Crippen MR) is 173 cm³/mol. The summed E-state index contributed by atoms with van der Waals surface area (Å²) < 4.78 is 18.1. The largest absolute Gasteiger partial charge is 0.494 e. The van der Waals surface area contributed by atoms with Gasteiger partial charge in [-0.15, -0.1) is 0 Å². The Labute approximate surface area is 252 Å². The summed E-state index contributed by atoms with van der Waals surface area (Å²) in [6.45, 7) is 7.04. The molecular weight excluding hydrogens is 506 g/mol. The fourth-order valence-electron chi connectivity index (χ4n) is 5.66. The van der Waals surface area contributed by atoms with Gasteiger partial charge >= 0.3 is 0 Å². The van der Waals surface area contributed by atoms with Crippen LogP contribution >= 0.6 is 0 Å². The molecular formula is C37H59NO3. The van der Waals surface area contributed by atoms with Gasteiger partial charge in [-0.1, -0.05) is 116 Å². The number of unbranched alkanes of at least 4 members (excludes halogenated alkanes) is 14. The molecule has 0 amide bonds. The van der Waals surface area contributed by atoms with Crippen LogP contribution in [0.2, 0.25) is 0 Å². The molecule has 0 aliphatic carbocycles. The summed E-state index contributed by atoms with van der Waals surface area (Å²) in [7, 11) is 0. The average molecular weight is 566 g/mol. The van der Waals surface area contributed by atoms with Crippen LogP contribution in [0, 0.1) is 5.92 Å². The fourth-order valence-corrected chi connectivity index (χ4v) is 5.66. The number of benzene rings is 1. The molecule has 0 spiro atoms. The van der Waals surface area contributed by atoms with Crippen molar-refractivity contribution in [1.82, 2.24) is 4.98 Å². The average Bonchev–Trinajstić information content (AvgIpc) is 3.02. The van der Waals surface area contributed by atoms with Crippen molar-refractivity contribution < 1.29 is 14.2 Å². The summed E-state index contributed by atoms with van der Waals surface area (Å²) in [6, 6.07) is 12.7. The van der Waals surface area contributed by atoms with Crippen LogP contribution in [-0.4, -0.2) is 31.1 Å². The fraction of sp³-hybridized carbons (Fsp3) is 0.703. The van der Waals surface area contributed by atoms with Gasteiger partial charge in [0.05, 0.1) is 25.5 Å². The molecule has 1 aromatic carbocycles. The normalized spacial score (nSPS) is 17.1. The second kappa shape index (κ2) is 21.7. The Morgan fingerprint density at radius 1 is 0.659 bits per heavy atom. The first kappa shape index (κ1) is 33.6.